The molecule has 1 saturated carbocycles. The normalized spacial score (nSPS) is 33.2. The van der Waals surface area contributed by atoms with Gasteiger partial charge in [-0.15, -0.1) is 0 Å². The molecule has 4 atom stereocenters. The average Bonchev–Trinajstić information content (AvgIpc) is 2.58. The number of methoxy groups -OCH3 is 1. The fraction of sp³-hybridized carbons (Fsp3) is 0.941. The summed E-state index contributed by atoms with van der Waals surface area (Å²) in [5.74, 6) is 1.22. The van der Waals surface area contributed by atoms with Gasteiger partial charge in [-0.3, -0.25) is 0 Å². The lowest BCUT2D eigenvalue weighted by Gasteiger charge is -2.33. The zero-order valence-electron chi connectivity index (χ0n) is 14.2. The molecule has 22 heavy (non-hydrogen) atoms. The van der Waals surface area contributed by atoms with Crippen molar-refractivity contribution in [3.8, 4) is 0 Å². The minimum atomic E-state index is 0.208. The number of nitrogens with zero attached hydrogens (tertiary/aromatic N) is 1. The van der Waals surface area contributed by atoms with E-state index in [0.29, 0.717) is 5.92 Å². The van der Waals surface area contributed by atoms with Crippen LogP contribution >= 0.6 is 0 Å². The average molecular weight is 311 g/mol. The second-order valence-corrected chi connectivity index (χ2v) is 6.61. The van der Waals surface area contributed by atoms with Crippen LogP contribution in [0.4, 0.5) is 0 Å². The maximum atomic E-state index is 5.90. The number of hydrazone groups is 1. The molecular weight excluding hydrogens is 278 g/mol. The highest BCUT2D eigenvalue weighted by atomic mass is 16.5. The predicted molar refractivity (Wildman–Crippen MR) is 90.3 cm³/mol. The van der Waals surface area contributed by atoms with Gasteiger partial charge in [0.1, 0.15) is 0 Å². The molecular formula is C17H33N3O2. The molecule has 1 saturated heterocycles. The molecule has 2 N–H and O–H groups in total. The number of ether oxygens (including phenoxy) is 2. The standard InChI is InChI=1S/C17H33N3O2/c1-3-9-22-16-7-6-14(10-17(16)21-2)12-19-20-13-15-5-4-8-18-11-15/h12,14-18,20H,3-11,13H2,1-2H3/b19-12+. The minimum absolute atomic E-state index is 0.208. The number of hydrogen-bond acceptors (Lipinski definition) is 5. The van der Waals surface area contributed by atoms with Crippen LogP contribution in [0.1, 0.15) is 45.4 Å². The first-order chi connectivity index (χ1) is 10.8. The Bertz CT molecular complexity index is 319. The van der Waals surface area contributed by atoms with Crippen molar-refractivity contribution < 1.29 is 9.47 Å². The van der Waals surface area contributed by atoms with Gasteiger partial charge in [-0.2, -0.15) is 5.10 Å². The lowest BCUT2D eigenvalue weighted by molar-refractivity contribution is -0.0812. The number of piperidine rings is 1. The van der Waals surface area contributed by atoms with Crippen LogP contribution in [-0.2, 0) is 9.47 Å². The van der Waals surface area contributed by atoms with Crippen molar-refractivity contribution in [1.29, 1.82) is 0 Å². The smallest absolute Gasteiger partial charge is 0.0839 e. The Balaban J connectivity index is 1.66. The van der Waals surface area contributed by atoms with E-state index in [0.717, 1.165) is 51.3 Å². The van der Waals surface area contributed by atoms with Crippen molar-refractivity contribution in [2.45, 2.75) is 57.7 Å². The summed E-state index contributed by atoms with van der Waals surface area (Å²) in [7, 11) is 1.79. The van der Waals surface area contributed by atoms with E-state index in [1.54, 1.807) is 7.11 Å². The maximum Gasteiger partial charge on any atom is 0.0839 e. The van der Waals surface area contributed by atoms with Crippen LogP contribution in [0.2, 0.25) is 0 Å². The Morgan fingerprint density at radius 3 is 2.91 bits per heavy atom. The molecule has 0 bridgehead atoms. The van der Waals surface area contributed by atoms with Gasteiger partial charge in [-0.1, -0.05) is 6.92 Å². The molecule has 5 heteroatoms. The SMILES string of the molecule is CCCOC1CCC(/C=N/NCC2CCCNC2)CC1OC. The van der Waals surface area contributed by atoms with Crippen LogP contribution in [0.3, 0.4) is 0 Å². The van der Waals surface area contributed by atoms with Gasteiger partial charge in [0.05, 0.1) is 12.2 Å². The zero-order chi connectivity index (χ0) is 15.6. The second-order valence-electron chi connectivity index (χ2n) is 6.61. The molecule has 128 valence electrons. The van der Waals surface area contributed by atoms with Gasteiger partial charge in [0.2, 0.25) is 0 Å². The monoisotopic (exact) mass is 311 g/mol. The molecule has 2 fully saturated rings. The lowest BCUT2D eigenvalue weighted by atomic mass is 9.86. The number of rotatable bonds is 8. The predicted octanol–water partition coefficient (Wildman–Crippen LogP) is 2.17. The fourth-order valence-corrected chi connectivity index (χ4v) is 3.41. The molecule has 0 spiro atoms. The highest BCUT2D eigenvalue weighted by molar-refractivity contribution is 5.60. The Morgan fingerprint density at radius 1 is 1.27 bits per heavy atom. The molecule has 0 radical (unpaired) electrons. The summed E-state index contributed by atoms with van der Waals surface area (Å²) in [6.07, 6.45) is 9.44. The lowest BCUT2D eigenvalue weighted by Crippen LogP contribution is -2.38. The van der Waals surface area contributed by atoms with E-state index in [1.807, 2.05) is 0 Å². The largest absolute Gasteiger partial charge is 0.379 e. The third-order valence-corrected chi connectivity index (χ3v) is 4.77. The minimum Gasteiger partial charge on any atom is -0.379 e. The number of nitrogens with one attached hydrogen (secondary N) is 2. The van der Waals surface area contributed by atoms with Crippen LogP contribution in [-0.4, -0.2) is 51.8 Å². The quantitative estimate of drug-likeness (QED) is 0.533. The van der Waals surface area contributed by atoms with Crippen molar-refractivity contribution in [3.05, 3.63) is 0 Å². The molecule has 0 aromatic heterocycles. The first-order valence-electron chi connectivity index (χ1n) is 8.94. The van der Waals surface area contributed by atoms with E-state index in [4.69, 9.17) is 9.47 Å². The van der Waals surface area contributed by atoms with Crippen LogP contribution in [0, 0.1) is 11.8 Å². The Labute approximate surface area is 135 Å². The summed E-state index contributed by atoms with van der Waals surface area (Å²) in [5.41, 5.74) is 3.24. The van der Waals surface area contributed by atoms with Gasteiger partial charge < -0.3 is 20.2 Å². The summed E-state index contributed by atoms with van der Waals surface area (Å²) in [4.78, 5) is 0. The summed E-state index contributed by atoms with van der Waals surface area (Å²) in [5, 5.41) is 7.88. The van der Waals surface area contributed by atoms with Crippen molar-refractivity contribution in [1.82, 2.24) is 10.7 Å². The third kappa shape index (κ3) is 5.86. The van der Waals surface area contributed by atoms with E-state index in [2.05, 4.69) is 29.0 Å². The van der Waals surface area contributed by atoms with Crippen molar-refractivity contribution >= 4 is 6.21 Å². The summed E-state index contributed by atoms with van der Waals surface area (Å²) in [6, 6.07) is 0. The highest BCUT2D eigenvalue weighted by Gasteiger charge is 2.30. The van der Waals surface area contributed by atoms with Gasteiger partial charge >= 0.3 is 0 Å². The van der Waals surface area contributed by atoms with Crippen molar-refractivity contribution in [2.75, 3.05) is 33.4 Å². The molecule has 4 unspecified atom stereocenters. The summed E-state index contributed by atoms with van der Waals surface area (Å²) >= 11 is 0. The summed E-state index contributed by atoms with van der Waals surface area (Å²) < 4.78 is 11.5. The van der Waals surface area contributed by atoms with Gasteiger partial charge in [-0.05, 0) is 63.5 Å². The first kappa shape index (κ1) is 17.7. The van der Waals surface area contributed by atoms with Gasteiger partial charge in [0.15, 0.2) is 0 Å². The molecule has 1 heterocycles. The topological polar surface area (TPSA) is 54.9 Å². The van der Waals surface area contributed by atoms with Gasteiger partial charge in [0, 0.05) is 26.5 Å². The maximum absolute atomic E-state index is 5.90. The van der Waals surface area contributed by atoms with Crippen LogP contribution in [0.15, 0.2) is 5.10 Å². The van der Waals surface area contributed by atoms with Gasteiger partial charge in [-0.25, -0.2) is 0 Å². The van der Waals surface area contributed by atoms with Crippen molar-refractivity contribution in [3.63, 3.8) is 0 Å². The van der Waals surface area contributed by atoms with E-state index < -0.39 is 0 Å². The van der Waals surface area contributed by atoms with E-state index >= 15 is 0 Å². The van der Waals surface area contributed by atoms with Crippen molar-refractivity contribution in [2.24, 2.45) is 16.9 Å². The molecule has 2 aliphatic rings. The van der Waals surface area contributed by atoms with E-state index in [-0.39, 0.29) is 12.2 Å². The van der Waals surface area contributed by atoms with Crippen LogP contribution in [0.25, 0.3) is 0 Å². The molecule has 0 amide bonds. The summed E-state index contributed by atoms with van der Waals surface area (Å²) in [6.45, 7) is 6.25. The molecule has 5 nitrogen and oxygen atoms in total. The fourth-order valence-electron chi connectivity index (χ4n) is 3.41. The van der Waals surface area contributed by atoms with Crippen LogP contribution < -0.4 is 10.7 Å². The zero-order valence-corrected chi connectivity index (χ0v) is 14.2. The third-order valence-electron chi connectivity index (χ3n) is 4.77. The molecule has 0 aromatic rings. The molecule has 1 aliphatic heterocycles. The molecule has 1 aliphatic carbocycles. The van der Waals surface area contributed by atoms with E-state index in [1.165, 1.54) is 19.4 Å². The highest BCUT2D eigenvalue weighted by Crippen LogP contribution is 2.27. The van der Waals surface area contributed by atoms with Gasteiger partial charge in [0.25, 0.3) is 0 Å². The van der Waals surface area contributed by atoms with Crippen LogP contribution in [0.5, 0.6) is 0 Å². The Morgan fingerprint density at radius 2 is 2.18 bits per heavy atom. The molecule has 0 aromatic carbocycles. The second kappa shape index (κ2) is 10.2. The first-order valence-corrected chi connectivity index (χ1v) is 8.94. The number of hydrogen-bond donors (Lipinski definition) is 2. The Hall–Kier alpha value is -0.650. The van der Waals surface area contributed by atoms with E-state index in [9.17, 15) is 0 Å². The molecule has 2 rings (SSSR count). The Kier molecular flexibility index (Phi) is 8.20.